The maximum Gasteiger partial charge on any atom is 0.229 e. The number of hydrogen-bond acceptors (Lipinski definition) is 4. The van der Waals surface area contributed by atoms with Crippen molar-refractivity contribution >= 4 is 39.7 Å². The van der Waals surface area contributed by atoms with Crippen molar-refractivity contribution in [3.05, 3.63) is 24.3 Å². The van der Waals surface area contributed by atoms with Crippen LogP contribution in [0.4, 0.5) is 11.4 Å². The summed E-state index contributed by atoms with van der Waals surface area (Å²) in [6, 6.07) is 6.72. The van der Waals surface area contributed by atoms with Crippen molar-refractivity contribution in [1.82, 2.24) is 5.32 Å². The van der Waals surface area contributed by atoms with E-state index in [2.05, 4.69) is 22.3 Å². The minimum absolute atomic E-state index is 0. The highest BCUT2D eigenvalue weighted by molar-refractivity contribution is 7.92. The number of nitrogens with one attached hydrogen (secondary N) is 3. The summed E-state index contributed by atoms with van der Waals surface area (Å²) in [6.07, 6.45) is 3.89. The van der Waals surface area contributed by atoms with Crippen LogP contribution >= 0.6 is 12.4 Å². The fraction of sp³-hybridized carbons (Fsp3) is 0.562. The monoisotopic (exact) mass is 375 g/mol. The molecule has 2 atom stereocenters. The van der Waals surface area contributed by atoms with Crippen LogP contribution in [0.5, 0.6) is 0 Å². The van der Waals surface area contributed by atoms with Gasteiger partial charge in [0.1, 0.15) is 0 Å². The molecule has 0 aliphatic carbocycles. The number of hydrogen-bond donors (Lipinski definition) is 3. The van der Waals surface area contributed by atoms with E-state index >= 15 is 0 Å². The van der Waals surface area contributed by atoms with Gasteiger partial charge in [0.2, 0.25) is 15.9 Å². The summed E-state index contributed by atoms with van der Waals surface area (Å²) in [5.41, 5.74) is 1.03. The molecule has 1 heterocycles. The van der Waals surface area contributed by atoms with E-state index in [1.54, 1.807) is 24.3 Å². The molecule has 1 aliphatic rings. The third kappa shape index (κ3) is 7.07. The molecule has 0 aromatic heterocycles. The summed E-state index contributed by atoms with van der Waals surface area (Å²) in [5, 5.41) is 6.21. The second-order valence-electron chi connectivity index (χ2n) is 6.29. The second-order valence-corrected chi connectivity index (χ2v) is 8.04. The van der Waals surface area contributed by atoms with Crippen LogP contribution in [0.3, 0.4) is 0 Å². The van der Waals surface area contributed by atoms with E-state index < -0.39 is 10.0 Å². The Balaban J connectivity index is 0.00000288. The maximum absolute atomic E-state index is 12.2. The first-order chi connectivity index (χ1) is 10.8. The summed E-state index contributed by atoms with van der Waals surface area (Å²) < 4.78 is 24.9. The highest BCUT2D eigenvalue weighted by Gasteiger charge is 2.22. The highest BCUT2D eigenvalue weighted by atomic mass is 35.5. The van der Waals surface area contributed by atoms with Crippen molar-refractivity contribution in [2.24, 2.45) is 11.8 Å². The largest absolute Gasteiger partial charge is 0.326 e. The van der Waals surface area contributed by atoms with Crippen LogP contribution in [0.1, 0.15) is 26.2 Å². The fourth-order valence-electron chi connectivity index (χ4n) is 2.91. The van der Waals surface area contributed by atoms with E-state index in [1.165, 1.54) is 0 Å². The second kappa shape index (κ2) is 9.25. The van der Waals surface area contributed by atoms with E-state index in [4.69, 9.17) is 0 Å². The summed E-state index contributed by atoms with van der Waals surface area (Å²) in [5.74, 6) is 0.812. The van der Waals surface area contributed by atoms with E-state index in [0.29, 0.717) is 29.6 Å². The van der Waals surface area contributed by atoms with Crippen molar-refractivity contribution in [2.45, 2.75) is 26.2 Å². The first kappa shape index (κ1) is 20.7. The van der Waals surface area contributed by atoms with Gasteiger partial charge in [0.15, 0.2) is 0 Å². The van der Waals surface area contributed by atoms with Gasteiger partial charge in [0.05, 0.1) is 11.9 Å². The Morgan fingerprint density at radius 1 is 1.38 bits per heavy atom. The van der Waals surface area contributed by atoms with Gasteiger partial charge in [-0.1, -0.05) is 13.0 Å². The number of rotatable bonds is 6. The van der Waals surface area contributed by atoms with Gasteiger partial charge in [0.25, 0.3) is 0 Å². The van der Waals surface area contributed by atoms with Gasteiger partial charge in [-0.3, -0.25) is 9.52 Å². The molecule has 1 amide bonds. The topological polar surface area (TPSA) is 87.3 Å². The van der Waals surface area contributed by atoms with Crippen molar-refractivity contribution in [3.8, 4) is 0 Å². The Labute approximate surface area is 150 Å². The minimum atomic E-state index is -3.33. The number of piperidine rings is 1. The number of halogens is 1. The van der Waals surface area contributed by atoms with Gasteiger partial charge in [0, 0.05) is 12.1 Å². The number of anilines is 2. The van der Waals surface area contributed by atoms with Crippen molar-refractivity contribution in [1.29, 1.82) is 0 Å². The molecule has 0 bridgehead atoms. The van der Waals surface area contributed by atoms with Crippen LogP contribution in [0.15, 0.2) is 24.3 Å². The molecule has 0 radical (unpaired) electrons. The first-order valence-electron chi connectivity index (χ1n) is 7.92. The lowest BCUT2D eigenvalue weighted by molar-refractivity contribution is -0.117. The number of sulfonamides is 1. The molecular weight excluding hydrogens is 350 g/mol. The van der Waals surface area contributed by atoms with E-state index in [-0.39, 0.29) is 18.3 Å². The van der Waals surface area contributed by atoms with Gasteiger partial charge in [-0.2, -0.15) is 0 Å². The molecule has 3 N–H and O–H groups in total. The van der Waals surface area contributed by atoms with Crippen LogP contribution in [-0.4, -0.2) is 33.7 Å². The average Bonchev–Trinajstić information content (AvgIpc) is 2.46. The summed E-state index contributed by atoms with van der Waals surface area (Å²) in [7, 11) is -3.33. The van der Waals surface area contributed by atoms with E-state index in [1.807, 2.05) is 0 Å². The number of amides is 1. The third-order valence-electron chi connectivity index (χ3n) is 4.10. The van der Waals surface area contributed by atoms with Crippen LogP contribution < -0.4 is 15.4 Å². The first-order valence-corrected chi connectivity index (χ1v) is 9.81. The third-order valence-corrected chi connectivity index (χ3v) is 4.70. The Morgan fingerprint density at radius 2 is 2.08 bits per heavy atom. The predicted molar refractivity (Wildman–Crippen MR) is 100 cm³/mol. The van der Waals surface area contributed by atoms with Crippen LogP contribution in [-0.2, 0) is 14.8 Å². The minimum Gasteiger partial charge on any atom is -0.326 e. The maximum atomic E-state index is 12.2. The smallest absolute Gasteiger partial charge is 0.229 e. The predicted octanol–water partition coefficient (Wildman–Crippen LogP) is 2.44. The molecule has 8 heteroatoms. The van der Waals surface area contributed by atoms with Gasteiger partial charge in [-0.05, 0) is 56.0 Å². The van der Waals surface area contributed by atoms with Crippen LogP contribution in [0, 0.1) is 11.8 Å². The molecular formula is C16H26ClN3O3S. The molecule has 24 heavy (non-hydrogen) atoms. The van der Waals surface area contributed by atoms with E-state index in [0.717, 1.165) is 32.2 Å². The number of carbonyl (C=O) groups is 1. The van der Waals surface area contributed by atoms with Gasteiger partial charge in [-0.15, -0.1) is 12.4 Å². The molecule has 0 spiro atoms. The van der Waals surface area contributed by atoms with Crippen molar-refractivity contribution < 1.29 is 13.2 Å². The zero-order chi connectivity index (χ0) is 16.9. The normalized spacial score (nSPS) is 19.0. The SMILES string of the molecule is CC(CC(=O)Nc1cccc(NS(C)(=O)=O)c1)C1CCCNC1.Cl. The molecule has 136 valence electrons. The number of benzene rings is 1. The molecule has 1 saturated heterocycles. The molecule has 1 fully saturated rings. The van der Waals surface area contributed by atoms with Crippen LogP contribution in [0.2, 0.25) is 0 Å². The average molecular weight is 376 g/mol. The molecule has 1 aromatic carbocycles. The Bertz CT molecular complexity index is 646. The van der Waals surface area contributed by atoms with E-state index in [9.17, 15) is 13.2 Å². The lowest BCUT2D eigenvalue weighted by atomic mass is 9.85. The molecule has 2 rings (SSSR count). The zero-order valence-corrected chi connectivity index (χ0v) is 15.7. The summed E-state index contributed by atoms with van der Waals surface area (Å²) in [4.78, 5) is 12.2. The quantitative estimate of drug-likeness (QED) is 0.712. The number of carbonyl (C=O) groups excluding carboxylic acids is 1. The molecule has 2 unspecified atom stereocenters. The van der Waals surface area contributed by atoms with Gasteiger partial charge < -0.3 is 10.6 Å². The summed E-state index contributed by atoms with van der Waals surface area (Å²) in [6.45, 7) is 4.15. The molecule has 0 saturated carbocycles. The molecule has 1 aromatic rings. The molecule has 6 nitrogen and oxygen atoms in total. The Hall–Kier alpha value is -1.31. The van der Waals surface area contributed by atoms with Crippen LogP contribution in [0.25, 0.3) is 0 Å². The standard InChI is InChI=1S/C16H25N3O3S.ClH/c1-12(13-5-4-8-17-11-13)9-16(20)18-14-6-3-7-15(10-14)19-23(2,21)22;/h3,6-7,10,12-13,17,19H,4-5,8-9,11H2,1-2H3,(H,18,20);1H. The Morgan fingerprint density at radius 3 is 2.71 bits per heavy atom. The van der Waals surface area contributed by atoms with Gasteiger partial charge >= 0.3 is 0 Å². The Kier molecular flexibility index (Phi) is 7.99. The lowest BCUT2D eigenvalue weighted by Gasteiger charge is -2.28. The van der Waals surface area contributed by atoms with Crippen molar-refractivity contribution in [3.63, 3.8) is 0 Å². The fourth-order valence-corrected chi connectivity index (χ4v) is 3.47. The molecule has 1 aliphatic heterocycles. The lowest BCUT2D eigenvalue weighted by Crippen LogP contribution is -2.34. The summed E-state index contributed by atoms with van der Waals surface area (Å²) >= 11 is 0. The van der Waals surface area contributed by atoms with Gasteiger partial charge in [-0.25, -0.2) is 8.42 Å². The highest BCUT2D eigenvalue weighted by Crippen LogP contribution is 2.23. The van der Waals surface area contributed by atoms with Crippen molar-refractivity contribution in [2.75, 3.05) is 29.4 Å². The zero-order valence-electron chi connectivity index (χ0n) is 14.0.